The maximum atomic E-state index is 15.0. The molecular weight excluding hydrogens is 756 g/mol. The molecule has 0 bridgehead atoms. The van der Waals surface area contributed by atoms with Crippen molar-refractivity contribution in [1.29, 1.82) is 0 Å². The molecule has 1 N–H and O–H groups in total. The fourth-order valence-electron chi connectivity index (χ4n) is 9.44. The molecule has 10 nitrogen and oxygen atoms in total. The number of amides is 4. The lowest BCUT2D eigenvalue weighted by Crippen LogP contribution is -2.49. The predicted octanol–water partition coefficient (Wildman–Crippen LogP) is 8.02. The van der Waals surface area contributed by atoms with Crippen LogP contribution in [0.5, 0.6) is 11.5 Å². The van der Waals surface area contributed by atoms with E-state index in [0.29, 0.717) is 28.7 Å². The van der Waals surface area contributed by atoms with Gasteiger partial charge in [0.1, 0.15) is 11.5 Å². The number of hydrogen-bond acceptors (Lipinski definition) is 9. The Morgan fingerprint density at radius 2 is 1.87 bits per heavy atom. The fourth-order valence-corrected chi connectivity index (χ4v) is 11.4. The van der Waals surface area contributed by atoms with Crippen LogP contribution in [0.25, 0.3) is 26.7 Å². The summed E-state index contributed by atoms with van der Waals surface area (Å²) >= 11 is 9.40. The molecule has 5 heterocycles. The van der Waals surface area contributed by atoms with Gasteiger partial charge in [0, 0.05) is 33.6 Å². The van der Waals surface area contributed by atoms with E-state index in [1.165, 1.54) is 28.2 Å². The highest BCUT2D eigenvalue weighted by Gasteiger charge is 2.67. The molecular formula is C42H37ClN4O6S2. The van der Waals surface area contributed by atoms with Crippen LogP contribution in [0.3, 0.4) is 0 Å². The molecule has 3 aromatic heterocycles. The summed E-state index contributed by atoms with van der Waals surface area (Å²) in [6, 6.07) is 16.4. The van der Waals surface area contributed by atoms with Crippen LogP contribution in [0, 0.1) is 41.9 Å². The molecule has 2 aromatic carbocycles. The topological polar surface area (TPSA) is 122 Å². The molecule has 55 heavy (non-hydrogen) atoms. The average molecular weight is 793 g/mol. The molecule has 0 radical (unpaired) electrons. The highest BCUT2D eigenvalue weighted by molar-refractivity contribution is 7.22. The molecule has 280 valence electrons. The van der Waals surface area contributed by atoms with E-state index in [2.05, 4.69) is 0 Å². The molecule has 2 saturated heterocycles. The van der Waals surface area contributed by atoms with E-state index in [0.717, 1.165) is 36.5 Å². The number of halogens is 1. The van der Waals surface area contributed by atoms with Crippen molar-refractivity contribution in [2.45, 2.75) is 33.2 Å². The smallest absolute Gasteiger partial charge is 0.242 e. The largest absolute Gasteiger partial charge is 0.504 e. The van der Waals surface area contributed by atoms with Crippen molar-refractivity contribution in [1.82, 2.24) is 14.7 Å². The normalized spacial score (nSPS) is 26.3. The Hall–Kier alpha value is -5.04. The van der Waals surface area contributed by atoms with Crippen molar-refractivity contribution in [2.75, 3.05) is 12.0 Å². The second-order valence-electron chi connectivity index (χ2n) is 15.0. The number of thiophene rings is 2. The summed E-state index contributed by atoms with van der Waals surface area (Å²) in [5.41, 5.74) is 2.07. The first-order valence-electron chi connectivity index (χ1n) is 18.1. The minimum Gasteiger partial charge on any atom is -0.504 e. The zero-order valence-corrected chi connectivity index (χ0v) is 32.9. The minimum absolute atomic E-state index is 0.000604. The zero-order chi connectivity index (χ0) is 38.5. The van der Waals surface area contributed by atoms with Gasteiger partial charge >= 0.3 is 0 Å². The summed E-state index contributed by atoms with van der Waals surface area (Å²) in [6.07, 6.45) is 6.48. The van der Waals surface area contributed by atoms with Gasteiger partial charge in [-0.2, -0.15) is 5.10 Å². The third kappa shape index (κ3) is 5.36. The SMILES string of the molecule is COc1cc(C=C[C@H]2C3=CC[C@@H]4C(=O)N(Cc5cccs5)C(=O)[C@@H]4[C@@H]3C[C@H]3C(=O)N(c4cc(-c5sc6ccc(Cl)cc6c5C)nn4C)C(=O)[C@@]23C)ccc1O. The standard InChI is InChI=1S/C42H37ClN4O6S2/c1-21-27-17-23(43)9-14-34(27)55-37(21)31-19-35(45(3)44-31)47-39(50)30-18-28-25(10-11-26-36(28)40(51)46(38(26)49)20-24-6-5-15-54-24)29(42(30,2)41(47)52)12-7-22-8-13-32(48)33(16-22)53-4/h5-10,12-17,19,26,28-30,36,48H,11,18,20H2,1-4H3/t26-,28+,29-,30-,36-,42-/m0/s1. The summed E-state index contributed by atoms with van der Waals surface area (Å²) in [6.45, 7) is 4.09. The number of phenols is 1. The fraction of sp³-hybridized carbons (Fsp3) is 0.310. The van der Waals surface area contributed by atoms with Crippen LogP contribution < -0.4 is 9.64 Å². The van der Waals surface area contributed by atoms with Gasteiger partial charge in [0.05, 0.1) is 41.7 Å². The van der Waals surface area contributed by atoms with Crippen LogP contribution in [0.4, 0.5) is 5.82 Å². The number of allylic oxidation sites excluding steroid dienone is 3. The Morgan fingerprint density at radius 1 is 1.05 bits per heavy atom. The Bertz CT molecular complexity index is 2520. The average Bonchev–Trinajstić information content (AvgIpc) is 3.98. The number of methoxy groups -OCH3 is 1. The maximum Gasteiger partial charge on any atom is 0.242 e. The molecule has 2 aliphatic carbocycles. The summed E-state index contributed by atoms with van der Waals surface area (Å²) < 4.78 is 7.99. The van der Waals surface area contributed by atoms with Crippen molar-refractivity contribution in [3.8, 4) is 22.1 Å². The predicted molar refractivity (Wildman–Crippen MR) is 213 cm³/mol. The number of fused-ring (bicyclic) bond motifs is 5. The summed E-state index contributed by atoms with van der Waals surface area (Å²) in [4.78, 5) is 62.5. The van der Waals surface area contributed by atoms with Crippen LogP contribution >= 0.6 is 34.3 Å². The van der Waals surface area contributed by atoms with E-state index in [-0.39, 0.29) is 42.3 Å². The number of rotatable bonds is 7. The number of hydrogen-bond donors (Lipinski definition) is 1. The second kappa shape index (κ2) is 13.0. The lowest BCUT2D eigenvalue weighted by Gasteiger charge is -2.47. The van der Waals surface area contributed by atoms with E-state index in [9.17, 15) is 19.5 Å². The molecule has 0 unspecified atom stereocenters. The first kappa shape index (κ1) is 35.6. The highest BCUT2D eigenvalue weighted by atomic mass is 35.5. The van der Waals surface area contributed by atoms with Crippen molar-refractivity contribution in [3.05, 3.63) is 98.7 Å². The Kier molecular flexibility index (Phi) is 8.45. The molecule has 0 spiro atoms. The second-order valence-corrected chi connectivity index (χ2v) is 17.6. The Morgan fingerprint density at radius 3 is 2.64 bits per heavy atom. The molecule has 3 fully saturated rings. The van der Waals surface area contributed by atoms with E-state index < -0.39 is 35.0 Å². The third-order valence-corrected chi connectivity index (χ3v) is 14.6. The first-order valence-corrected chi connectivity index (χ1v) is 20.2. The number of likely N-dealkylation sites (tertiary alicyclic amines) is 1. The van der Waals surface area contributed by atoms with Crippen LogP contribution in [0.2, 0.25) is 5.02 Å². The van der Waals surface area contributed by atoms with Crippen molar-refractivity contribution in [2.24, 2.45) is 42.1 Å². The zero-order valence-electron chi connectivity index (χ0n) is 30.5. The van der Waals surface area contributed by atoms with Gasteiger partial charge in [-0.1, -0.05) is 47.5 Å². The van der Waals surface area contributed by atoms with Crippen LogP contribution in [-0.4, -0.2) is 50.5 Å². The number of carbonyl (C=O) groups excluding carboxylic acids is 4. The van der Waals surface area contributed by atoms with Crippen LogP contribution in [-0.2, 0) is 32.8 Å². The molecule has 9 rings (SSSR count). The Labute approximate surface area is 330 Å². The maximum absolute atomic E-state index is 15.0. The van der Waals surface area contributed by atoms with E-state index in [4.69, 9.17) is 21.4 Å². The van der Waals surface area contributed by atoms with Crippen molar-refractivity contribution in [3.63, 3.8) is 0 Å². The van der Waals surface area contributed by atoms with Gasteiger partial charge in [0.2, 0.25) is 23.6 Å². The van der Waals surface area contributed by atoms with E-state index in [1.807, 2.05) is 67.8 Å². The number of carbonyl (C=O) groups is 4. The number of anilines is 1. The van der Waals surface area contributed by atoms with Gasteiger partial charge in [-0.15, -0.1) is 22.7 Å². The van der Waals surface area contributed by atoms with Gasteiger partial charge < -0.3 is 9.84 Å². The molecule has 4 aliphatic rings. The summed E-state index contributed by atoms with van der Waals surface area (Å²) in [7, 11) is 3.21. The van der Waals surface area contributed by atoms with E-state index >= 15 is 4.79 Å². The number of benzene rings is 2. The Balaban J connectivity index is 1.12. The number of imide groups is 2. The lowest BCUT2D eigenvalue weighted by atomic mass is 9.52. The first-order chi connectivity index (χ1) is 26.4. The molecule has 6 atom stereocenters. The molecule has 2 aliphatic heterocycles. The summed E-state index contributed by atoms with van der Waals surface area (Å²) in [5, 5.41) is 18.6. The number of ether oxygens (including phenoxy) is 1. The molecule has 13 heteroatoms. The van der Waals surface area contributed by atoms with Gasteiger partial charge in [-0.25, -0.2) is 4.90 Å². The van der Waals surface area contributed by atoms with Crippen LogP contribution in [0.1, 0.15) is 35.8 Å². The molecule has 1 saturated carbocycles. The van der Waals surface area contributed by atoms with Gasteiger partial charge in [-0.3, -0.25) is 28.8 Å². The number of phenolic OH excluding ortho intramolecular Hbond substituents is 1. The minimum atomic E-state index is -1.21. The van der Waals surface area contributed by atoms with Crippen molar-refractivity contribution < 1.29 is 29.0 Å². The van der Waals surface area contributed by atoms with Gasteiger partial charge in [0.25, 0.3) is 0 Å². The number of nitrogens with zero attached hydrogens (tertiary/aromatic N) is 4. The van der Waals surface area contributed by atoms with Gasteiger partial charge in [-0.05, 0) is 90.9 Å². The third-order valence-electron chi connectivity index (χ3n) is 12.2. The lowest BCUT2D eigenvalue weighted by molar-refractivity contribution is -0.141. The van der Waals surface area contributed by atoms with Crippen molar-refractivity contribution >= 4 is 79.9 Å². The van der Waals surface area contributed by atoms with Crippen LogP contribution in [0.15, 0.2) is 77.7 Å². The molecule has 4 amide bonds. The highest BCUT2D eigenvalue weighted by Crippen LogP contribution is 2.61. The van der Waals surface area contributed by atoms with E-state index in [1.54, 1.807) is 47.3 Å². The number of aromatic nitrogens is 2. The monoisotopic (exact) mass is 792 g/mol. The van der Waals surface area contributed by atoms with Gasteiger partial charge in [0.15, 0.2) is 11.5 Å². The number of aryl methyl sites for hydroxylation is 2. The molecule has 5 aromatic rings. The number of aromatic hydroxyl groups is 1. The summed E-state index contributed by atoms with van der Waals surface area (Å²) in [5.74, 6) is -3.36. The quantitative estimate of drug-likeness (QED) is 0.131.